The van der Waals surface area contributed by atoms with E-state index in [-0.39, 0.29) is 63.8 Å². The summed E-state index contributed by atoms with van der Waals surface area (Å²) in [7, 11) is 1.00. The minimum atomic E-state index is 0. The summed E-state index contributed by atoms with van der Waals surface area (Å²) in [5.41, 5.74) is 0. The first-order valence-electron chi connectivity index (χ1n) is 0.447. The maximum Gasteiger partial charge on any atom is 2.00 e. The Bertz CT molecular complexity index is 14.9. The zero-order valence-electron chi connectivity index (χ0n) is 4.58. The van der Waals surface area contributed by atoms with Gasteiger partial charge in [0, 0.05) is 7.11 Å². The predicted molar refractivity (Wildman–Crippen MR) is 22.6 cm³/mol. The van der Waals surface area contributed by atoms with Crippen LogP contribution in [0.4, 0.5) is 0 Å². The molecule has 9 N–H and O–H groups in total. The molecule has 0 aromatic rings. The fraction of sp³-hybridized carbons (Fsp3) is 1.00. The zero-order chi connectivity index (χ0) is 2.00. The van der Waals surface area contributed by atoms with Crippen molar-refractivity contribution < 1.29 is 68.9 Å². The van der Waals surface area contributed by atoms with Gasteiger partial charge in [-0.1, -0.05) is 0 Å². The Hall–Kier alpha value is 0.899. The summed E-state index contributed by atoms with van der Waals surface area (Å²) in [5, 5.41) is 7.00. The summed E-state index contributed by atoms with van der Waals surface area (Å²) in [6, 6.07) is 0. The third-order valence-corrected chi connectivity index (χ3v) is 0. The first kappa shape index (κ1) is 217. The average Bonchev–Trinajstić information content (AvgIpc) is 1.00. The summed E-state index contributed by atoms with van der Waals surface area (Å²) in [5.74, 6) is 0. The van der Waals surface area contributed by atoms with Crippen LogP contribution < -0.4 is 24.8 Å². The van der Waals surface area contributed by atoms with Gasteiger partial charge in [-0.25, -0.2) is 0 Å². The Labute approximate surface area is 76.4 Å². The Balaban J connectivity index is -0.000000000238. The monoisotopic (exact) mass is 229 g/mol. The van der Waals surface area contributed by atoms with Gasteiger partial charge in [-0.2, -0.15) is 0 Å². The van der Waals surface area contributed by atoms with Crippen LogP contribution in [0.3, 0.4) is 0 Å². The number of hydrogen-bond acceptors (Lipinski definition) is 1. The third-order valence-electron chi connectivity index (χ3n) is 0. The summed E-state index contributed by atoms with van der Waals surface area (Å²) in [4.78, 5) is 0. The van der Waals surface area contributed by atoms with Gasteiger partial charge in [0.1, 0.15) is 0 Å². The molecular weight excluding hydrogens is 218 g/mol. The summed E-state index contributed by atoms with van der Waals surface area (Å²) < 4.78 is 0. The van der Waals surface area contributed by atoms with Crippen LogP contribution in [-0.2, 0) is 17.1 Å². The minimum absolute atomic E-state index is 0. The molecule has 0 aliphatic heterocycles. The maximum absolute atomic E-state index is 7.00. The Morgan fingerprint density at radius 3 is 0.667 bits per heavy atom. The fourth-order valence-corrected chi connectivity index (χ4v) is 0. The summed E-state index contributed by atoms with van der Waals surface area (Å²) >= 11 is 0. The number of aliphatic hydroxyl groups excluding tert-OH is 1. The molecule has 0 fully saturated rings. The van der Waals surface area contributed by atoms with Gasteiger partial charge in [-0.15, -0.1) is 0 Å². The van der Waals surface area contributed by atoms with Gasteiger partial charge in [-0.05, 0) is 0 Å². The van der Waals surface area contributed by atoms with Gasteiger partial charge >= 0.3 is 17.1 Å². The molecule has 0 aliphatic rings. The topological polar surface area (TPSA) is 146 Å². The molecule has 0 saturated heterocycles. The van der Waals surface area contributed by atoms with Crippen LogP contribution in [0.1, 0.15) is 0 Å². The van der Waals surface area contributed by atoms with Crippen LogP contribution >= 0.6 is 0 Å². The van der Waals surface area contributed by atoms with Crippen molar-refractivity contribution in [2.24, 2.45) is 0 Å². The van der Waals surface area contributed by atoms with E-state index in [0.717, 1.165) is 7.11 Å². The molecule has 0 atom stereocenters. The normalized spacial score (nSPS) is 0.667. The second kappa shape index (κ2) is 686. The molecule has 1 radical (unpaired) electrons. The predicted octanol–water partition coefficient (Wildman–Crippen LogP) is -9.68. The summed E-state index contributed by atoms with van der Waals surface area (Å²) in [6.07, 6.45) is 0. The average molecular weight is 230 g/mol. The number of aliphatic hydroxyl groups is 1. The first-order chi connectivity index (χ1) is 1.00. The van der Waals surface area contributed by atoms with E-state index in [1.807, 2.05) is 0 Å². The second-order valence-electron chi connectivity index (χ2n) is 0. The van der Waals surface area contributed by atoms with E-state index in [0.29, 0.717) is 0 Å². The summed E-state index contributed by atoms with van der Waals surface area (Å²) in [6.45, 7) is 0. The number of rotatable bonds is 0. The zero-order valence-corrected chi connectivity index (χ0v) is 7.27. The van der Waals surface area contributed by atoms with Crippen LogP contribution in [0, 0.1) is 0 Å². The van der Waals surface area contributed by atoms with Crippen LogP contribution in [0.15, 0.2) is 0 Å². The van der Waals surface area contributed by atoms with Gasteiger partial charge < -0.3 is 51.8 Å². The molecule has 0 spiro atoms. The molecule has 0 aliphatic carbocycles. The molecule has 5 nitrogen and oxygen atoms in total. The molecule has 8 heteroatoms. The van der Waals surface area contributed by atoms with Gasteiger partial charge in [0.25, 0.3) is 0 Å². The van der Waals surface area contributed by atoms with Crippen molar-refractivity contribution in [1.82, 2.24) is 0 Å². The van der Waals surface area contributed by atoms with E-state index < -0.39 is 0 Å². The van der Waals surface area contributed by atoms with Crippen LogP contribution in [-0.4, -0.2) is 34.1 Å². The van der Waals surface area contributed by atoms with Gasteiger partial charge in [0.2, 0.25) is 0 Å². The van der Waals surface area contributed by atoms with Gasteiger partial charge in [0.15, 0.2) is 0 Å². The van der Waals surface area contributed by atoms with Crippen LogP contribution in [0.5, 0.6) is 0 Å². The van der Waals surface area contributed by atoms with Crippen molar-refractivity contribution in [2.45, 2.75) is 0 Å². The Kier molecular flexibility index (Phi) is 16600. The molecular formula is CH12Cl2MnO5. The molecule has 0 amide bonds. The van der Waals surface area contributed by atoms with Crippen molar-refractivity contribution in [1.29, 1.82) is 0 Å². The number of halogens is 2. The number of hydrogen-bond donors (Lipinski definition) is 1. The van der Waals surface area contributed by atoms with Crippen LogP contribution in [0.25, 0.3) is 0 Å². The molecule has 0 heterocycles. The Morgan fingerprint density at radius 2 is 0.667 bits per heavy atom. The van der Waals surface area contributed by atoms with E-state index in [2.05, 4.69) is 0 Å². The van der Waals surface area contributed by atoms with Crippen molar-refractivity contribution in [2.75, 3.05) is 7.11 Å². The molecule has 0 bridgehead atoms. The van der Waals surface area contributed by atoms with Gasteiger partial charge in [-0.3, -0.25) is 0 Å². The van der Waals surface area contributed by atoms with Crippen molar-refractivity contribution in [3.63, 3.8) is 0 Å². The first-order valence-corrected chi connectivity index (χ1v) is 0.447. The third kappa shape index (κ3) is 524. The van der Waals surface area contributed by atoms with E-state index in [4.69, 9.17) is 5.11 Å². The molecule has 0 aromatic carbocycles. The van der Waals surface area contributed by atoms with E-state index in [1.165, 1.54) is 0 Å². The van der Waals surface area contributed by atoms with E-state index in [1.54, 1.807) is 0 Å². The van der Waals surface area contributed by atoms with Crippen molar-refractivity contribution >= 4 is 0 Å². The smallest absolute Gasteiger partial charge is 1.00 e. The molecule has 0 rings (SSSR count). The standard InChI is InChI=1S/CH4O.2ClH.Mn.4H2O/c1-2;;;;;;;/h2H,1H3;2*1H;;4*1H2/q;;;+2;;;;/p-2. The van der Waals surface area contributed by atoms with E-state index in [9.17, 15) is 0 Å². The van der Waals surface area contributed by atoms with Crippen LogP contribution in [0.2, 0.25) is 0 Å². The molecule has 0 saturated carbocycles. The largest absolute Gasteiger partial charge is 2.00 e. The fourth-order valence-electron chi connectivity index (χ4n) is 0. The Morgan fingerprint density at radius 1 is 0.667 bits per heavy atom. The molecule has 67 valence electrons. The quantitative estimate of drug-likeness (QED) is 0.404. The molecule has 9 heavy (non-hydrogen) atoms. The van der Waals surface area contributed by atoms with E-state index >= 15 is 0 Å². The second-order valence-corrected chi connectivity index (χ2v) is 0. The van der Waals surface area contributed by atoms with Crippen molar-refractivity contribution in [3.05, 3.63) is 0 Å². The molecule has 0 unspecified atom stereocenters. The maximum atomic E-state index is 7.00. The molecule has 0 aromatic heterocycles. The van der Waals surface area contributed by atoms with Crippen molar-refractivity contribution in [3.8, 4) is 0 Å². The van der Waals surface area contributed by atoms with Gasteiger partial charge in [0.05, 0.1) is 0 Å². The SMILES string of the molecule is CO.O.O.O.O.[Cl-].[Cl-].[Mn+2]. The minimum Gasteiger partial charge on any atom is -1.00 e.